The Kier molecular flexibility index (Phi) is 6.02. The Labute approximate surface area is 206 Å². The van der Waals surface area contributed by atoms with Crippen molar-refractivity contribution >= 4 is 11.9 Å². The Morgan fingerprint density at radius 2 is 1.77 bits per heavy atom. The molecule has 0 atom stereocenters. The molecular formula is C28H33N5O2. The van der Waals surface area contributed by atoms with Crippen LogP contribution in [0, 0.1) is 6.92 Å². The molecule has 0 radical (unpaired) electrons. The van der Waals surface area contributed by atoms with Crippen molar-refractivity contribution in [2.24, 2.45) is 0 Å². The van der Waals surface area contributed by atoms with Gasteiger partial charge in [0.25, 0.3) is 5.91 Å². The second-order valence-corrected chi connectivity index (χ2v) is 9.99. The maximum Gasteiger partial charge on any atom is 0.257 e. The molecule has 2 aliphatic heterocycles. The van der Waals surface area contributed by atoms with Gasteiger partial charge in [-0.25, -0.2) is 9.97 Å². The first-order chi connectivity index (χ1) is 17.2. The van der Waals surface area contributed by atoms with Crippen molar-refractivity contribution in [3.63, 3.8) is 0 Å². The van der Waals surface area contributed by atoms with Crippen LogP contribution in [0.3, 0.4) is 0 Å². The fourth-order valence-electron chi connectivity index (χ4n) is 5.47. The lowest BCUT2D eigenvalue weighted by atomic mass is 9.91. The van der Waals surface area contributed by atoms with E-state index in [1.54, 1.807) is 0 Å². The van der Waals surface area contributed by atoms with Crippen LogP contribution in [-0.2, 0) is 12.8 Å². The third-order valence-corrected chi connectivity index (χ3v) is 7.89. The maximum atomic E-state index is 13.4. The SMILES string of the molecule is Cc1oc(-c2ccccc2)cc1C(=O)N1CCc2cnc(N3CCN(C4CCC4)CC3)nc2CC1. The molecule has 3 aliphatic rings. The number of piperazine rings is 1. The number of rotatable bonds is 4. The summed E-state index contributed by atoms with van der Waals surface area (Å²) in [5.41, 5.74) is 3.87. The van der Waals surface area contributed by atoms with Crippen LogP contribution < -0.4 is 4.90 Å². The average molecular weight is 472 g/mol. The second-order valence-electron chi connectivity index (χ2n) is 9.99. The van der Waals surface area contributed by atoms with Crippen molar-refractivity contribution in [3.05, 3.63) is 65.2 Å². The molecule has 1 aromatic carbocycles. The Hall–Kier alpha value is -3.19. The third kappa shape index (κ3) is 4.45. The molecule has 2 fully saturated rings. The average Bonchev–Trinajstić information content (AvgIpc) is 3.12. The molecule has 35 heavy (non-hydrogen) atoms. The summed E-state index contributed by atoms with van der Waals surface area (Å²) in [7, 11) is 0. The Bertz CT molecular complexity index is 1200. The third-order valence-electron chi connectivity index (χ3n) is 7.89. The zero-order chi connectivity index (χ0) is 23.8. The summed E-state index contributed by atoms with van der Waals surface area (Å²) in [6.45, 7) is 7.37. The van der Waals surface area contributed by atoms with Gasteiger partial charge in [-0.3, -0.25) is 9.69 Å². The highest BCUT2D eigenvalue weighted by Gasteiger charge is 2.29. The summed E-state index contributed by atoms with van der Waals surface area (Å²) in [5, 5.41) is 0. The quantitative estimate of drug-likeness (QED) is 0.574. The molecule has 1 saturated heterocycles. The summed E-state index contributed by atoms with van der Waals surface area (Å²) < 4.78 is 5.94. The normalized spacial score (nSPS) is 19.2. The number of benzene rings is 1. The van der Waals surface area contributed by atoms with Crippen molar-refractivity contribution in [1.29, 1.82) is 0 Å². The molecule has 3 aromatic rings. The summed E-state index contributed by atoms with van der Waals surface area (Å²) >= 11 is 0. The van der Waals surface area contributed by atoms with Crippen LogP contribution in [0.15, 0.2) is 47.0 Å². The fourth-order valence-corrected chi connectivity index (χ4v) is 5.47. The molecule has 0 bridgehead atoms. The van der Waals surface area contributed by atoms with Crippen molar-refractivity contribution in [3.8, 4) is 11.3 Å². The lowest BCUT2D eigenvalue weighted by Crippen LogP contribution is -2.52. The Morgan fingerprint density at radius 3 is 2.51 bits per heavy atom. The van der Waals surface area contributed by atoms with Crippen LogP contribution in [0.5, 0.6) is 0 Å². The predicted molar refractivity (Wildman–Crippen MR) is 136 cm³/mol. The van der Waals surface area contributed by atoms with Gasteiger partial charge in [0.15, 0.2) is 0 Å². The molecular weight excluding hydrogens is 438 g/mol. The van der Waals surface area contributed by atoms with Gasteiger partial charge in [0.05, 0.1) is 11.3 Å². The van der Waals surface area contributed by atoms with E-state index in [0.717, 1.165) is 73.6 Å². The molecule has 7 heteroatoms. The van der Waals surface area contributed by atoms with Gasteiger partial charge in [0.2, 0.25) is 5.95 Å². The lowest BCUT2D eigenvalue weighted by Gasteiger charge is -2.43. The zero-order valence-corrected chi connectivity index (χ0v) is 20.4. The number of anilines is 1. The van der Waals surface area contributed by atoms with E-state index in [9.17, 15) is 4.79 Å². The number of hydrogen-bond acceptors (Lipinski definition) is 6. The topological polar surface area (TPSA) is 65.7 Å². The van der Waals surface area contributed by atoms with Crippen molar-refractivity contribution in [2.75, 3.05) is 44.2 Å². The number of nitrogens with zero attached hydrogens (tertiary/aromatic N) is 5. The van der Waals surface area contributed by atoms with Crippen LogP contribution in [0.4, 0.5) is 5.95 Å². The molecule has 182 valence electrons. The number of aryl methyl sites for hydroxylation is 1. The van der Waals surface area contributed by atoms with Crippen molar-refractivity contribution in [2.45, 2.75) is 45.1 Å². The summed E-state index contributed by atoms with van der Waals surface area (Å²) in [6, 6.07) is 12.6. The minimum Gasteiger partial charge on any atom is -0.461 e. The standard InChI is InChI=1S/C28H33N5O2/c1-20-24(18-26(35-20)21-6-3-2-4-7-21)27(34)32-12-10-22-19-29-28(30-25(22)11-13-32)33-16-14-31(15-17-33)23-8-5-9-23/h2-4,6-7,18-19,23H,5,8-17H2,1H3. The van der Waals surface area contributed by atoms with E-state index >= 15 is 0 Å². The molecule has 0 spiro atoms. The molecule has 4 heterocycles. The van der Waals surface area contributed by atoms with E-state index in [1.165, 1.54) is 19.3 Å². The van der Waals surface area contributed by atoms with Crippen LogP contribution in [-0.4, -0.2) is 71.0 Å². The van der Waals surface area contributed by atoms with Crippen LogP contribution in [0.25, 0.3) is 11.3 Å². The first-order valence-corrected chi connectivity index (χ1v) is 12.9. The first kappa shape index (κ1) is 22.3. The fraction of sp³-hybridized carbons (Fsp3) is 0.464. The van der Waals surface area contributed by atoms with Crippen molar-refractivity contribution < 1.29 is 9.21 Å². The van der Waals surface area contributed by atoms with E-state index in [-0.39, 0.29) is 5.91 Å². The van der Waals surface area contributed by atoms with Gasteiger partial charge < -0.3 is 14.2 Å². The van der Waals surface area contributed by atoms with E-state index in [4.69, 9.17) is 14.4 Å². The van der Waals surface area contributed by atoms with E-state index < -0.39 is 0 Å². The molecule has 2 aromatic heterocycles. The van der Waals surface area contributed by atoms with Crippen LogP contribution >= 0.6 is 0 Å². The number of fused-ring (bicyclic) bond motifs is 1. The number of furan rings is 1. The smallest absolute Gasteiger partial charge is 0.257 e. The van der Waals surface area contributed by atoms with Gasteiger partial charge in [-0.15, -0.1) is 0 Å². The zero-order valence-electron chi connectivity index (χ0n) is 20.4. The van der Waals surface area contributed by atoms with Gasteiger partial charge in [-0.05, 0) is 37.8 Å². The highest BCUT2D eigenvalue weighted by Crippen LogP contribution is 2.28. The monoisotopic (exact) mass is 471 g/mol. The highest BCUT2D eigenvalue weighted by molar-refractivity contribution is 5.96. The number of amides is 1. The largest absolute Gasteiger partial charge is 0.461 e. The lowest BCUT2D eigenvalue weighted by molar-refractivity contribution is 0.0761. The number of hydrogen-bond donors (Lipinski definition) is 0. The van der Waals surface area contributed by atoms with E-state index in [0.29, 0.717) is 24.4 Å². The molecule has 0 N–H and O–H groups in total. The summed E-state index contributed by atoms with van der Waals surface area (Å²) in [4.78, 5) is 30.0. The van der Waals surface area contributed by atoms with Gasteiger partial charge >= 0.3 is 0 Å². The maximum absolute atomic E-state index is 13.4. The van der Waals surface area contributed by atoms with E-state index in [2.05, 4.69) is 9.80 Å². The highest BCUT2D eigenvalue weighted by atomic mass is 16.3. The molecule has 6 rings (SSSR count). The molecule has 1 amide bonds. The molecule has 7 nitrogen and oxygen atoms in total. The summed E-state index contributed by atoms with van der Waals surface area (Å²) in [5.74, 6) is 2.27. The van der Waals surface area contributed by atoms with Gasteiger partial charge in [0, 0.05) is 63.5 Å². The number of carbonyl (C=O) groups is 1. The van der Waals surface area contributed by atoms with Gasteiger partial charge in [-0.2, -0.15) is 0 Å². The minimum atomic E-state index is 0.0292. The predicted octanol–water partition coefficient (Wildman–Crippen LogP) is 3.96. The van der Waals surface area contributed by atoms with Gasteiger partial charge in [-0.1, -0.05) is 36.8 Å². The number of carbonyl (C=O) groups excluding carboxylic acids is 1. The second kappa shape index (κ2) is 9.46. The Balaban J connectivity index is 1.12. The number of aromatic nitrogens is 2. The van der Waals surface area contributed by atoms with Gasteiger partial charge in [0.1, 0.15) is 11.5 Å². The molecule has 1 aliphatic carbocycles. The molecule has 0 unspecified atom stereocenters. The van der Waals surface area contributed by atoms with Crippen molar-refractivity contribution in [1.82, 2.24) is 19.8 Å². The molecule has 1 saturated carbocycles. The summed E-state index contributed by atoms with van der Waals surface area (Å²) in [6.07, 6.45) is 7.61. The minimum absolute atomic E-state index is 0.0292. The Morgan fingerprint density at radius 1 is 1.00 bits per heavy atom. The van der Waals surface area contributed by atoms with Crippen LogP contribution in [0.2, 0.25) is 0 Å². The van der Waals surface area contributed by atoms with E-state index in [1.807, 2.05) is 54.4 Å². The first-order valence-electron chi connectivity index (χ1n) is 12.9. The van der Waals surface area contributed by atoms with Crippen LogP contribution in [0.1, 0.15) is 46.6 Å².